The number of hydrogen-bond acceptors (Lipinski definition) is 2. The van der Waals surface area contributed by atoms with E-state index in [1.54, 1.807) is 0 Å². The van der Waals surface area contributed by atoms with Crippen LogP contribution in [0.4, 0.5) is 0 Å². The molecule has 1 fully saturated rings. The number of hydrogen-bond donors (Lipinski definition) is 1. The SMILES string of the molecule is CNC(C(C)C)C1CN(Cc2ccccc2)C1. The number of likely N-dealkylation sites (tertiary alicyclic amines) is 1. The Labute approximate surface area is 105 Å². The molecule has 0 aliphatic carbocycles. The van der Waals surface area contributed by atoms with E-state index in [1.165, 1.54) is 18.7 Å². The lowest BCUT2D eigenvalue weighted by Gasteiger charge is -2.45. The van der Waals surface area contributed by atoms with Gasteiger partial charge in [0.2, 0.25) is 0 Å². The zero-order valence-corrected chi connectivity index (χ0v) is 11.2. The molecule has 17 heavy (non-hydrogen) atoms. The van der Waals surface area contributed by atoms with Gasteiger partial charge < -0.3 is 5.32 Å². The van der Waals surface area contributed by atoms with Gasteiger partial charge in [0.05, 0.1) is 0 Å². The van der Waals surface area contributed by atoms with Gasteiger partial charge in [0.15, 0.2) is 0 Å². The molecule has 0 amide bonds. The molecule has 1 heterocycles. The van der Waals surface area contributed by atoms with Gasteiger partial charge in [0.25, 0.3) is 0 Å². The van der Waals surface area contributed by atoms with Crippen molar-refractivity contribution in [2.45, 2.75) is 26.4 Å². The van der Waals surface area contributed by atoms with Crippen LogP contribution in [0.15, 0.2) is 30.3 Å². The Morgan fingerprint density at radius 1 is 1.24 bits per heavy atom. The van der Waals surface area contributed by atoms with E-state index in [0.717, 1.165) is 18.4 Å². The first-order valence-electron chi connectivity index (χ1n) is 6.64. The predicted octanol–water partition coefficient (Wildman–Crippen LogP) is 2.36. The molecule has 1 aliphatic rings. The fraction of sp³-hybridized carbons (Fsp3) is 0.600. The largest absolute Gasteiger partial charge is 0.316 e. The Morgan fingerprint density at radius 3 is 2.41 bits per heavy atom. The average molecular weight is 232 g/mol. The zero-order valence-electron chi connectivity index (χ0n) is 11.2. The molecule has 0 radical (unpaired) electrons. The third kappa shape index (κ3) is 3.08. The van der Waals surface area contributed by atoms with Crippen molar-refractivity contribution in [3.8, 4) is 0 Å². The predicted molar refractivity (Wildman–Crippen MR) is 72.9 cm³/mol. The highest BCUT2D eigenvalue weighted by molar-refractivity contribution is 5.15. The molecule has 2 heteroatoms. The Morgan fingerprint density at radius 2 is 1.88 bits per heavy atom. The molecule has 1 aliphatic heterocycles. The van der Waals surface area contributed by atoms with Gasteiger partial charge in [-0.05, 0) is 24.4 Å². The fourth-order valence-electron chi connectivity index (χ4n) is 2.92. The summed E-state index contributed by atoms with van der Waals surface area (Å²) in [5.41, 5.74) is 1.43. The summed E-state index contributed by atoms with van der Waals surface area (Å²) in [6.07, 6.45) is 0. The molecule has 0 aromatic heterocycles. The second kappa shape index (κ2) is 5.65. The van der Waals surface area contributed by atoms with Gasteiger partial charge in [0.1, 0.15) is 0 Å². The van der Waals surface area contributed by atoms with Crippen molar-refractivity contribution in [2.75, 3.05) is 20.1 Å². The van der Waals surface area contributed by atoms with Crippen molar-refractivity contribution < 1.29 is 0 Å². The maximum absolute atomic E-state index is 3.46. The second-order valence-corrected chi connectivity index (χ2v) is 5.50. The third-order valence-corrected chi connectivity index (χ3v) is 3.79. The molecule has 2 rings (SSSR count). The number of nitrogens with zero attached hydrogens (tertiary/aromatic N) is 1. The van der Waals surface area contributed by atoms with E-state index >= 15 is 0 Å². The highest BCUT2D eigenvalue weighted by Crippen LogP contribution is 2.25. The first-order valence-corrected chi connectivity index (χ1v) is 6.64. The van der Waals surface area contributed by atoms with Crippen LogP contribution in [0, 0.1) is 11.8 Å². The Hall–Kier alpha value is -0.860. The van der Waals surface area contributed by atoms with E-state index < -0.39 is 0 Å². The monoisotopic (exact) mass is 232 g/mol. The standard InChI is InChI=1S/C15H24N2/c1-12(2)15(16-3)14-10-17(11-14)9-13-7-5-4-6-8-13/h4-8,12,14-16H,9-11H2,1-3H3. The van der Waals surface area contributed by atoms with Crippen LogP contribution in [0.2, 0.25) is 0 Å². The van der Waals surface area contributed by atoms with Crippen molar-refractivity contribution >= 4 is 0 Å². The van der Waals surface area contributed by atoms with Crippen LogP contribution in [-0.2, 0) is 6.54 Å². The molecule has 1 unspecified atom stereocenters. The zero-order chi connectivity index (χ0) is 12.3. The van der Waals surface area contributed by atoms with Gasteiger partial charge in [0, 0.05) is 25.7 Å². The van der Waals surface area contributed by atoms with E-state index in [0.29, 0.717) is 6.04 Å². The molecular formula is C15H24N2. The second-order valence-electron chi connectivity index (χ2n) is 5.50. The minimum atomic E-state index is 0.669. The summed E-state index contributed by atoms with van der Waals surface area (Å²) in [5.74, 6) is 1.55. The summed E-state index contributed by atoms with van der Waals surface area (Å²) in [4.78, 5) is 2.53. The van der Waals surface area contributed by atoms with Crippen molar-refractivity contribution in [3.63, 3.8) is 0 Å². The van der Waals surface area contributed by atoms with E-state index in [9.17, 15) is 0 Å². The van der Waals surface area contributed by atoms with Crippen LogP contribution < -0.4 is 5.32 Å². The molecular weight excluding hydrogens is 208 g/mol. The van der Waals surface area contributed by atoms with Gasteiger partial charge in [-0.3, -0.25) is 4.90 Å². The van der Waals surface area contributed by atoms with Crippen LogP contribution in [0.1, 0.15) is 19.4 Å². The summed E-state index contributed by atoms with van der Waals surface area (Å²) >= 11 is 0. The maximum atomic E-state index is 3.46. The topological polar surface area (TPSA) is 15.3 Å². The van der Waals surface area contributed by atoms with Crippen LogP contribution in [0.3, 0.4) is 0 Å². The summed E-state index contributed by atoms with van der Waals surface area (Å²) in [5, 5.41) is 3.46. The third-order valence-electron chi connectivity index (χ3n) is 3.79. The lowest BCUT2D eigenvalue weighted by atomic mass is 9.84. The Bertz CT molecular complexity index is 328. The molecule has 0 spiro atoms. The highest BCUT2D eigenvalue weighted by atomic mass is 15.2. The summed E-state index contributed by atoms with van der Waals surface area (Å²) in [6.45, 7) is 8.19. The molecule has 0 bridgehead atoms. The van der Waals surface area contributed by atoms with Gasteiger partial charge in [-0.1, -0.05) is 44.2 Å². The van der Waals surface area contributed by atoms with Crippen LogP contribution >= 0.6 is 0 Å². The molecule has 1 aromatic rings. The van der Waals surface area contributed by atoms with E-state index in [-0.39, 0.29) is 0 Å². The normalized spacial score (nSPS) is 19.3. The molecule has 2 nitrogen and oxygen atoms in total. The smallest absolute Gasteiger partial charge is 0.0234 e. The summed E-state index contributed by atoms with van der Waals surface area (Å²) in [6, 6.07) is 11.4. The molecule has 1 N–H and O–H groups in total. The first-order chi connectivity index (χ1) is 8.20. The molecule has 1 saturated heterocycles. The molecule has 94 valence electrons. The number of rotatable bonds is 5. The lowest BCUT2D eigenvalue weighted by Crippen LogP contribution is -2.56. The lowest BCUT2D eigenvalue weighted by molar-refractivity contribution is 0.0534. The highest BCUT2D eigenvalue weighted by Gasteiger charge is 2.33. The van der Waals surface area contributed by atoms with Crippen LogP contribution in [0.5, 0.6) is 0 Å². The number of nitrogens with one attached hydrogen (secondary N) is 1. The van der Waals surface area contributed by atoms with Gasteiger partial charge in [-0.25, -0.2) is 0 Å². The summed E-state index contributed by atoms with van der Waals surface area (Å²) in [7, 11) is 2.09. The summed E-state index contributed by atoms with van der Waals surface area (Å²) < 4.78 is 0. The maximum Gasteiger partial charge on any atom is 0.0234 e. The van der Waals surface area contributed by atoms with E-state index in [4.69, 9.17) is 0 Å². The van der Waals surface area contributed by atoms with Crippen LogP contribution in [-0.4, -0.2) is 31.1 Å². The van der Waals surface area contributed by atoms with Crippen molar-refractivity contribution in [2.24, 2.45) is 11.8 Å². The molecule has 1 atom stereocenters. The molecule has 1 aromatic carbocycles. The fourth-order valence-corrected chi connectivity index (χ4v) is 2.92. The first kappa shape index (κ1) is 12.6. The Balaban J connectivity index is 1.79. The van der Waals surface area contributed by atoms with Crippen molar-refractivity contribution in [3.05, 3.63) is 35.9 Å². The minimum Gasteiger partial charge on any atom is -0.316 e. The van der Waals surface area contributed by atoms with Gasteiger partial charge in [-0.2, -0.15) is 0 Å². The van der Waals surface area contributed by atoms with E-state index in [2.05, 4.69) is 61.4 Å². The van der Waals surface area contributed by atoms with Crippen LogP contribution in [0.25, 0.3) is 0 Å². The van der Waals surface area contributed by atoms with E-state index in [1.807, 2.05) is 0 Å². The quantitative estimate of drug-likeness (QED) is 0.838. The van der Waals surface area contributed by atoms with Gasteiger partial charge in [-0.15, -0.1) is 0 Å². The Kier molecular flexibility index (Phi) is 4.19. The van der Waals surface area contributed by atoms with Crippen molar-refractivity contribution in [1.82, 2.24) is 10.2 Å². The van der Waals surface area contributed by atoms with Gasteiger partial charge >= 0.3 is 0 Å². The van der Waals surface area contributed by atoms with Crippen molar-refractivity contribution in [1.29, 1.82) is 0 Å². The minimum absolute atomic E-state index is 0.669. The number of benzene rings is 1. The molecule has 0 saturated carbocycles. The average Bonchev–Trinajstić information content (AvgIpc) is 2.27.